The van der Waals surface area contributed by atoms with Crippen molar-refractivity contribution < 1.29 is 0 Å². The average Bonchev–Trinajstić information content (AvgIpc) is 2.81. The first-order chi connectivity index (χ1) is 14.4. The van der Waals surface area contributed by atoms with Gasteiger partial charge in [0.15, 0.2) is 0 Å². The highest BCUT2D eigenvalue weighted by molar-refractivity contribution is 5.67. The number of nitrogens with one attached hydrogen (secondary N) is 1. The molecule has 3 fully saturated rings. The number of fused-ring (bicyclic) bond motifs is 3. The van der Waals surface area contributed by atoms with Crippen molar-refractivity contribution in [1.82, 2.24) is 10.2 Å². The Kier molecular flexibility index (Phi) is 5.47. The zero-order valence-corrected chi connectivity index (χ0v) is 17.0. The number of benzene rings is 3. The van der Waals surface area contributed by atoms with Gasteiger partial charge >= 0.3 is 0 Å². The van der Waals surface area contributed by atoms with Gasteiger partial charge in [-0.2, -0.15) is 0 Å². The Hall–Kier alpha value is -2.42. The van der Waals surface area contributed by atoms with Gasteiger partial charge in [0.1, 0.15) is 0 Å². The molecule has 2 bridgehead atoms. The molecule has 0 amide bonds. The summed E-state index contributed by atoms with van der Waals surface area (Å²) < 4.78 is 0. The third kappa shape index (κ3) is 4.01. The van der Waals surface area contributed by atoms with Crippen LogP contribution in [-0.2, 0) is 13.0 Å². The van der Waals surface area contributed by atoms with Gasteiger partial charge in [0, 0.05) is 18.6 Å². The van der Waals surface area contributed by atoms with Gasteiger partial charge in [-0.25, -0.2) is 0 Å². The Morgan fingerprint density at radius 2 is 1.41 bits per heavy atom. The molecule has 3 saturated heterocycles. The van der Waals surface area contributed by atoms with Crippen molar-refractivity contribution in [2.75, 3.05) is 13.1 Å². The van der Waals surface area contributed by atoms with Crippen molar-refractivity contribution >= 4 is 0 Å². The van der Waals surface area contributed by atoms with Crippen LogP contribution in [0.3, 0.4) is 0 Å². The van der Waals surface area contributed by atoms with E-state index in [0.29, 0.717) is 12.1 Å². The fraction of sp³-hybridized carbons (Fsp3) is 0.333. The maximum atomic E-state index is 3.96. The van der Waals surface area contributed by atoms with E-state index in [9.17, 15) is 0 Å². The largest absolute Gasteiger partial charge is 0.308 e. The normalized spacial score (nSPS) is 25.8. The molecule has 1 N–H and O–H groups in total. The van der Waals surface area contributed by atoms with Crippen LogP contribution < -0.4 is 5.32 Å². The van der Waals surface area contributed by atoms with E-state index in [4.69, 9.17) is 0 Å². The van der Waals surface area contributed by atoms with E-state index < -0.39 is 0 Å². The molecule has 2 nitrogen and oxygen atoms in total. The van der Waals surface area contributed by atoms with Crippen LogP contribution in [-0.4, -0.2) is 30.1 Å². The van der Waals surface area contributed by atoms with Gasteiger partial charge < -0.3 is 5.32 Å². The zero-order chi connectivity index (χ0) is 19.5. The fourth-order valence-electron chi connectivity index (χ4n) is 5.36. The van der Waals surface area contributed by atoms with Crippen LogP contribution in [0, 0.1) is 5.92 Å². The first kappa shape index (κ1) is 18.6. The van der Waals surface area contributed by atoms with E-state index in [-0.39, 0.29) is 0 Å². The lowest BCUT2D eigenvalue weighted by atomic mass is 9.76. The van der Waals surface area contributed by atoms with Crippen LogP contribution in [0.1, 0.15) is 24.0 Å². The topological polar surface area (TPSA) is 15.3 Å². The highest BCUT2D eigenvalue weighted by atomic mass is 15.2. The lowest BCUT2D eigenvalue weighted by Gasteiger charge is -2.51. The Bertz CT molecular complexity index is 914. The molecule has 0 saturated carbocycles. The summed E-state index contributed by atoms with van der Waals surface area (Å²) in [5.41, 5.74) is 5.57. The molecule has 6 rings (SSSR count). The number of piperidine rings is 3. The van der Waals surface area contributed by atoms with E-state index in [1.54, 1.807) is 0 Å². The van der Waals surface area contributed by atoms with Gasteiger partial charge in [-0.1, -0.05) is 84.9 Å². The van der Waals surface area contributed by atoms with Crippen LogP contribution in [0.5, 0.6) is 0 Å². The third-order valence-electron chi connectivity index (χ3n) is 6.88. The molecule has 2 unspecified atom stereocenters. The Morgan fingerprint density at radius 3 is 2.17 bits per heavy atom. The highest BCUT2D eigenvalue weighted by Gasteiger charge is 2.41. The second-order valence-corrected chi connectivity index (χ2v) is 8.56. The maximum Gasteiger partial charge on any atom is 0.0292 e. The van der Waals surface area contributed by atoms with Gasteiger partial charge in [0.25, 0.3) is 0 Å². The molecular weight excluding hydrogens is 352 g/mol. The smallest absolute Gasteiger partial charge is 0.0292 e. The van der Waals surface area contributed by atoms with E-state index in [1.807, 2.05) is 0 Å². The van der Waals surface area contributed by atoms with Crippen LogP contribution in [0.25, 0.3) is 11.1 Å². The van der Waals surface area contributed by atoms with Gasteiger partial charge in [0.2, 0.25) is 0 Å². The van der Waals surface area contributed by atoms with E-state index in [1.165, 1.54) is 48.2 Å². The lowest BCUT2D eigenvalue weighted by molar-refractivity contribution is 0.0127. The van der Waals surface area contributed by atoms with Crippen molar-refractivity contribution in [2.24, 2.45) is 5.92 Å². The Balaban J connectivity index is 1.39. The molecule has 2 heteroatoms. The van der Waals surface area contributed by atoms with Crippen molar-refractivity contribution in [1.29, 1.82) is 0 Å². The van der Waals surface area contributed by atoms with E-state index >= 15 is 0 Å². The molecule has 3 aliphatic heterocycles. The molecule has 2 atom stereocenters. The Morgan fingerprint density at radius 1 is 0.759 bits per heavy atom. The first-order valence-corrected chi connectivity index (χ1v) is 11.0. The average molecular weight is 383 g/mol. The molecule has 0 aliphatic carbocycles. The second-order valence-electron chi connectivity index (χ2n) is 8.56. The third-order valence-corrected chi connectivity index (χ3v) is 6.88. The van der Waals surface area contributed by atoms with Crippen LogP contribution >= 0.6 is 0 Å². The molecule has 3 aliphatic rings. The summed E-state index contributed by atoms with van der Waals surface area (Å²) in [5, 5.41) is 3.96. The molecule has 3 aromatic rings. The van der Waals surface area contributed by atoms with E-state index in [0.717, 1.165) is 18.9 Å². The number of hydrogen-bond donors (Lipinski definition) is 1. The molecule has 3 aromatic carbocycles. The van der Waals surface area contributed by atoms with Gasteiger partial charge in [-0.05, 0) is 60.5 Å². The van der Waals surface area contributed by atoms with E-state index in [2.05, 4.69) is 95.1 Å². The number of rotatable bonds is 6. The zero-order valence-electron chi connectivity index (χ0n) is 17.0. The highest BCUT2D eigenvalue weighted by Crippen LogP contribution is 2.35. The summed E-state index contributed by atoms with van der Waals surface area (Å²) in [5.74, 6) is 0.803. The predicted molar refractivity (Wildman–Crippen MR) is 121 cm³/mol. The number of hydrogen-bond acceptors (Lipinski definition) is 2. The van der Waals surface area contributed by atoms with Crippen molar-refractivity contribution in [3.8, 4) is 11.1 Å². The second kappa shape index (κ2) is 8.52. The quantitative estimate of drug-likeness (QED) is 0.634. The fourth-order valence-corrected chi connectivity index (χ4v) is 5.36. The van der Waals surface area contributed by atoms with Crippen LogP contribution in [0.15, 0.2) is 84.9 Å². The molecule has 3 heterocycles. The summed E-state index contributed by atoms with van der Waals surface area (Å²) in [7, 11) is 0. The molecule has 0 radical (unpaired) electrons. The molecular formula is C27H30N2. The number of nitrogens with zero attached hydrogens (tertiary/aromatic N) is 1. The van der Waals surface area contributed by atoms with Crippen molar-refractivity contribution in [3.05, 3.63) is 96.1 Å². The summed E-state index contributed by atoms with van der Waals surface area (Å²) in [6.45, 7) is 3.48. The first-order valence-electron chi connectivity index (χ1n) is 11.0. The molecule has 0 spiro atoms. The van der Waals surface area contributed by atoms with Crippen molar-refractivity contribution in [3.63, 3.8) is 0 Å². The molecule has 148 valence electrons. The predicted octanol–water partition coefficient (Wildman–Crippen LogP) is 5.15. The van der Waals surface area contributed by atoms with Gasteiger partial charge in [0.05, 0.1) is 0 Å². The van der Waals surface area contributed by atoms with Crippen LogP contribution in [0.2, 0.25) is 0 Å². The molecule has 29 heavy (non-hydrogen) atoms. The summed E-state index contributed by atoms with van der Waals surface area (Å²) in [6.07, 6.45) is 3.79. The van der Waals surface area contributed by atoms with Crippen molar-refractivity contribution in [2.45, 2.75) is 37.9 Å². The summed E-state index contributed by atoms with van der Waals surface area (Å²) in [6, 6.07) is 31.8. The maximum absolute atomic E-state index is 3.96. The molecule has 0 aromatic heterocycles. The summed E-state index contributed by atoms with van der Waals surface area (Å²) in [4.78, 5) is 2.74. The minimum absolute atomic E-state index is 0.571. The standard InChI is InChI=1S/C27H30N2/c1-3-9-21(10-4-1)20-28-27-23-15-17-29(18-16-23)26(27)19-24-13-7-8-14-25(24)22-11-5-2-6-12-22/h1-14,23,26-28H,15-20H2. The Labute approximate surface area is 174 Å². The lowest BCUT2D eigenvalue weighted by Crippen LogP contribution is -2.63. The van der Waals surface area contributed by atoms with Crippen LogP contribution in [0.4, 0.5) is 0 Å². The SMILES string of the molecule is c1ccc(CNC2C3CCN(CC3)C2Cc2ccccc2-c2ccccc2)cc1. The minimum Gasteiger partial charge on any atom is -0.308 e. The monoisotopic (exact) mass is 382 g/mol. The van der Waals surface area contributed by atoms with Gasteiger partial charge in [-0.15, -0.1) is 0 Å². The summed E-state index contributed by atoms with van der Waals surface area (Å²) >= 11 is 0. The minimum atomic E-state index is 0.571. The van der Waals surface area contributed by atoms with Gasteiger partial charge in [-0.3, -0.25) is 4.90 Å².